The van der Waals surface area contributed by atoms with E-state index in [4.69, 9.17) is 14.6 Å². The highest BCUT2D eigenvalue weighted by Gasteiger charge is 2.48. The molecule has 0 radical (unpaired) electrons. The summed E-state index contributed by atoms with van der Waals surface area (Å²) in [5.74, 6) is 1.10. The second-order valence-electron chi connectivity index (χ2n) is 7.82. The van der Waals surface area contributed by atoms with E-state index in [2.05, 4.69) is 12.2 Å². The zero-order chi connectivity index (χ0) is 17.5. The third kappa shape index (κ3) is 5.42. The summed E-state index contributed by atoms with van der Waals surface area (Å²) in [5, 5.41) is 8.58. The van der Waals surface area contributed by atoms with Crippen LogP contribution in [0.5, 0.6) is 0 Å². The van der Waals surface area contributed by atoms with E-state index in [1.54, 1.807) is 6.08 Å². The van der Waals surface area contributed by atoms with Crippen LogP contribution >= 0.6 is 0 Å². The summed E-state index contributed by atoms with van der Waals surface area (Å²) in [4.78, 5) is 10.4. The molecule has 3 rings (SSSR count). The van der Waals surface area contributed by atoms with Gasteiger partial charge in [0.2, 0.25) is 0 Å². The molecule has 1 aliphatic carbocycles. The molecule has 2 bridgehead atoms. The lowest BCUT2D eigenvalue weighted by Gasteiger charge is -2.27. The zero-order valence-corrected chi connectivity index (χ0v) is 15.1. The molecule has 2 saturated heterocycles. The number of rotatable bonds is 10. The summed E-state index contributed by atoms with van der Waals surface area (Å²) in [5.41, 5.74) is 0. The Morgan fingerprint density at radius 1 is 1.04 bits per heavy atom. The number of allylic oxidation sites excluding steroid dienone is 3. The standard InChI is InChI=1S/C21H32O4/c22-21(23)10-4-2-1-3-9-17-18(20-12-11-19(17)25-20)15-24-14-13-16-7-5-6-8-16/h1,3-4,10,16-20H,2,5-9,11-15H2,(H,22,23)/b3-1-,10-4+/t17-,18+,19-,20+/m0/s1. The van der Waals surface area contributed by atoms with Crippen molar-refractivity contribution in [2.45, 2.75) is 70.0 Å². The third-order valence-electron chi connectivity index (χ3n) is 6.15. The number of ether oxygens (including phenoxy) is 2. The van der Waals surface area contributed by atoms with Gasteiger partial charge in [-0.3, -0.25) is 0 Å². The van der Waals surface area contributed by atoms with E-state index in [0.29, 0.717) is 30.5 Å². The molecule has 4 heteroatoms. The molecule has 1 saturated carbocycles. The molecule has 0 amide bonds. The maximum absolute atomic E-state index is 10.4. The average molecular weight is 348 g/mol. The summed E-state index contributed by atoms with van der Waals surface area (Å²) in [6.07, 6.45) is 18.8. The first kappa shape index (κ1) is 18.7. The fourth-order valence-electron chi connectivity index (χ4n) is 4.79. The normalized spacial score (nSPS) is 32.5. The number of hydrogen-bond donors (Lipinski definition) is 1. The number of hydrogen-bond acceptors (Lipinski definition) is 3. The van der Waals surface area contributed by atoms with Gasteiger partial charge in [0.25, 0.3) is 0 Å². The summed E-state index contributed by atoms with van der Waals surface area (Å²) in [7, 11) is 0. The first-order valence-electron chi connectivity index (χ1n) is 10.0. The van der Waals surface area contributed by atoms with Crippen molar-refractivity contribution in [1.82, 2.24) is 0 Å². The van der Waals surface area contributed by atoms with Crippen molar-refractivity contribution in [3.63, 3.8) is 0 Å². The number of carboxylic acid groups (broad SMARTS) is 1. The molecular formula is C21H32O4. The van der Waals surface area contributed by atoms with Gasteiger partial charge in [0, 0.05) is 18.6 Å². The van der Waals surface area contributed by atoms with Crippen LogP contribution in [0.25, 0.3) is 0 Å². The highest BCUT2D eigenvalue weighted by Crippen LogP contribution is 2.45. The molecule has 3 fully saturated rings. The molecule has 0 aromatic carbocycles. The van der Waals surface area contributed by atoms with Gasteiger partial charge in [-0.2, -0.15) is 0 Å². The van der Waals surface area contributed by atoms with Gasteiger partial charge >= 0.3 is 5.97 Å². The summed E-state index contributed by atoms with van der Waals surface area (Å²) >= 11 is 0. The lowest BCUT2D eigenvalue weighted by Crippen LogP contribution is -2.30. The van der Waals surface area contributed by atoms with Gasteiger partial charge in [0.1, 0.15) is 0 Å². The topological polar surface area (TPSA) is 55.8 Å². The Morgan fingerprint density at radius 3 is 2.56 bits per heavy atom. The van der Waals surface area contributed by atoms with Gasteiger partial charge < -0.3 is 14.6 Å². The zero-order valence-electron chi connectivity index (χ0n) is 15.1. The Kier molecular flexibility index (Phi) is 7.12. The number of carboxylic acids is 1. The highest BCUT2D eigenvalue weighted by molar-refractivity contribution is 5.79. The van der Waals surface area contributed by atoms with Crippen LogP contribution in [-0.2, 0) is 14.3 Å². The van der Waals surface area contributed by atoms with Gasteiger partial charge in [-0.1, -0.05) is 43.9 Å². The largest absolute Gasteiger partial charge is 0.478 e. The molecule has 1 N–H and O–H groups in total. The number of carbonyl (C=O) groups is 1. The van der Waals surface area contributed by atoms with E-state index in [-0.39, 0.29) is 0 Å². The maximum atomic E-state index is 10.4. The molecule has 0 spiro atoms. The molecule has 2 heterocycles. The van der Waals surface area contributed by atoms with Crippen molar-refractivity contribution in [2.24, 2.45) is 17.8 Å². The molecule has 25 heavy (non-hydrogen) atoms. The molecule has 0 aromatic rings. The second kappa shape index (κ2) is 9.54. The molecule has 0 unspecified atom stereocenters. The van der Waals surface area contributed by atoms with Crippen LogP contribution in [0.3, 0.4) is 0 Å². The Balaban J connectivity index is 1.38. The number of aliphatic carboxylic acids is 1. The molecule has 4 atom stereocenters. The SMILES string of the molecule is O=C(O)/C=C/C/C=C\C[C@H]1[C@@H](COCCC2CCCC2)[C@H]2CC[C@@H]1O2. The molecule has 3 aliphatic rings. The lowest BCUT2D eigenvalue weighted by atomic mass is 9.78. The minimum Gasteiger partial charge on any atom is -0.478 e. The Morgan fingerprint density at radius 2 is 1.80 bits per heavy atom. The van der Waals surface area contributed by atoms with E-state index >= 15 is 0 Å². The van der Waals surface area contributed by atoms with Crippen molar-refractivity contribution in [3.05, 3.63) is 24.3 Å². The predicted octanol–water partition coefficient (Wildman–Crippen LogP) is 4.35. The van der Waals surface area contributed by atoms with Crippen LogP contribution < -0.4 is 0 Å². The quantitative estimate of drug-likeness (QED) is 0.362. The second-order valence-corrected chi connectivity index (χ2v) is 7.82. The molecule has 0 aromatic heterocycles. The van der Waals surface area contributed by atoms with E-state index in [0.717, 1.165) is 25.6 Å². The van der Waals surface area contributed by atoms with Gasteiger partial charge in [-0.25, -0.2) is 4.79 Å². The highest BCUT2D eigenvalue weighted by atomic mass is 16.5. The number of fused-ring (bicyclic) bond motifs is 2. The first-order valence-corrected chi connectivity index (χ1v) is 10.0. The molecular weight excluding hydrogens is 316 g/mol. The molecule has 2 aliphatic heterocycles. The average Bonchev–Trinajstić information content (AvgIpc) is 3.32. The van der Waals surface area contributed by atoms with Crippen LogP contribution in [0, 0.1) is 17.8 Å². The van der Waals surface area contributed by atoms with Gasteiger partial charge in [-0.05, 0) is 43.9 Å². The van der Waals surface area contributed by atoms with Gasteiger partial charge in [0.05, 0.1) is 18.8 Å². The van der Waals surface area contributed by atoms with E-state index in [9.17, 15) is 4.79 Å². The van der Waals surface area contributed by atoms with Crippen LogP contribution in [0.2, 0.25) is 0 Å². The third-order valence-corrected chi connectivity index (χ3v) is 6.15. The molecule has 4 nitrogen and oxygen atoms in total. The van der Waals surface area contributed by atoms with Crippen LogP contribution in [0.4, 0.5) is 0 Å². The summed E-state index contributed by atoms with van der Waals surface area (Å²) < 4.78 is 12.2. The minimum absolute atomic E-state index is 0.391. The maximum Gasteiger partial charge on any atom is 0.327 e. The lowest BCUT2D eigenvalue weighted by molar-refractivity contribution is -0.131. The monoisotopic (exact) mass is 348 g/mol. The van der Waals surface area contributed by atoms with Crippen LogP contribution in [-0.4, -0.2) is 36.5 Å². The Labute approximate surface area is 151 Å². The van der Waals surface area contributed by atoms with Crippen molar-refractivity contribution in [2.75, 3.05) is 13.2 Å². The van der Waals surface area contributed by atoms with Crippen molar-refractivity contribution < 1.29 is 19.4 Å². The smallest absolute Gasteiger partial charge is 0.327 e. The van der Waals surface area contributed by atoms with Crippen LogP contribution in [0.1, 0.15) is 57.8 Å². The predicted molar refractivity (Wildman–Crippen MR) is 97.4 cm³/mol. The van der Waals surface area contributed by atoms with Crippen molar-refractivity contribution >= 4 is 5.97 Å². The summed E-state index contributed by atoms with van der Waals surface area (Å²) in [6.45, 7) is 1.74. The van der Waals surface area contributed by atoms with Gasteiger partial charge in [0.15, 0.2) is 0 Å². The van der Waals surface area contributed by atoms with E-state index in [1.807, 2.05) is 0 Å². The van der Waals surface area contributed by atoms with Crippen molar-refractivity contribution in [1.29, 1.82) is 0 Å². The first-order chi connectivity index (χ1) is 12.2. The Hall–Kier alpha value is -1.13. The fraction of sp³-hybridized carbons (Fsp3) is 0.762. The summed E-state index contributed by atoms with van der Waals surface area (Å²) in [6, 6.07) is 0. The van der Waals surface area contributed by atoms with Crippen molar-refractivity contribution in [3.8, 4) is 0 Å². The minimum atomic E-state index is -0.885. The molecule has 140 valence electrons. The Bertz CT molecular complexity index is 478. The van der Waals surface area contributed by atoms with Crippen LogP contribution in [0.15, 0.2) is 24.3 Å². The van der Waals surface area contributed by atoms with E-state index in [1.165, 1.54) is 51.0 Å². The van der Waals surface area contributed by atoms with Gasteiger partial charge in [-0.15, -0.1) is 0 Å². The van der Waals surface area contributed by atoms with E-state index < -0.39 is 5.97 Å². The fourth-order valence-corrected chi connectivity index (χ4v) is 4.79.